The van der Waals surface area contributed by atoms with E-state index in [4.69, 9.17) is 4.74 Å². The van der Waals surface area contributed by atoms with Gasteiger partial charge in [0.25, 0.3) is 5.91 Å². The van der Waals surface area contributed by atoms with Crippen LogP contribution >= 0.6 is 22.7 Å². The van der Waals surface area contributed by atoms with Gasteiger partial charge in [-0.2, -0.15) is 0 Å². The highest BCUT2D eigenvalue weighted by Gasteiger charge is 2.19. The summed E-state index contributed by atoms with van der Waals surface area (Å²) in [6.07, 6.45) is 2.56. The third-order valence-electron chi connectivity index (χ3n) is 4.41. The lowest BCUT2D eigenvalue weighted by Gasteiger charge is -2.08. The zero-order chi connectivity index (χ0) is 19.5. The molecule has 0 spiro atoms. The molecule has 0 atom stereocenters. The molecule has 0 saturated carbocycles. The lowest BCUT2D eigenvalue weighted by molar-refractivity contribution is 0.103. The van der Waals surface area contributed by atoms with Gasteiger partial charge in [-0.25, -0.2) is 4.98 Å². The minimum Gasteiger partial charge on any atom is -0.384 e. The number of thiazole rings is 1. The van der Waals surface area contributed by atoms with Gasteiger partial charge in [-0.15, -0.1) is 22.7 Å². The number of ether oxygens (including phenoxy) is 1. The molecule has 28 heavy (non-hydrogen) atoms. The summed E-state index contributed by atoms with van der Waals surface area (Å²) in [6, 6.07) is 11.6. The summed E-state index contributed by atoms with van der Waals surface area (Å²) in [5, 5.41) is 6.80. The number of fused-ring (bicyclic) bond motifs is 1. The zero-order valence-corrected chi connectivity index (χ0v) is 17.2. The molecule has 1 amide bonds. The number of carbonyl (C=O) groups excluding carboxylic acids is 1. The molecule has 0 saturated heterocycles. The number of aryl methyl sites for hydroxylation is 1. The molecule has 0 unspecified atom stereocenters. The van der Waals surface area contributed by atoms with E-state index in [1.165, 1.54) is 16.2 Å². The molecule has 1 aromatic carbocycles. The van der Waals surface area contributed by atoms with Crippen LogP contribution in [0.2, 0.25) is 0 Å². The number of hydrogen-bond acceptors (Lipinski definition) is 6. The Kier molecular flexibility index (Phi) is 5.47. The molecule has 3 heterocycles. The van der Waals surface area contributed by atoms with Crippen molar-refractivity contribution >= 4 is 45.2 Å². The van der Waals surface area contributed by atoms with E-state index in [0.29, 0.717) is 17.2 Å². The Balaban J connectivity index is 1.63. The summed E-state index contributed by atoms with van der Waals surface area (Å²) < 4.78 is 5.18. The van der Waals surface area contributed by atoms with E-state index in [2.05, 4.69) is 15.3 Å². The van der Waals surface area contributed by atoms with Crippen LogP contribution < -0.4 is 5.32 Å². The van der Waals surface area contributed by atoms with Crippen molar-refractivity contribution in [3.8, 4) is 10.6 Å². The van der Waals surface area contributed by atoms with Crippen molar-refractivity contribution < 1.29 is 9.53 Å². The Hall–Kier alpha value is -2.61. The summed E-state index contributed by atoms with van der Waals surface area (Å²) in [4.78, 5) is 23.9. The maximum absolute atomic E-state index is 13.0. The third kappa shape index (κ3) is 3.69. The van der Waals surface area contributed by atoms with E-state index < -0.39 is 0 Å². The van der Waals surface area contributed by atoms with Crippen LogP contribution in [0.1, 0.15) is 20.2 Å². The number of nitrogens with one attached hydrogen (secondary N) is 1. The monoisotopic (exact) mass is 409 g/mol. The standard InChI is InChI=1S/C21H19N3O2S2/c1-13-17(8-11-26-2)28-21(23-13)15-9-12-27-19(15)20(25)24-16-7-3-5-14-6-4-10-22-18(14)16/h3-7,9-10,12H,8,11H2,1-2H3,(H,24,25). The normalized spacial score (nSPS) is 11.1. The fourth-order valence-electron chi connectivity index (χ4n) is 3.01. The van der Waals surface area contributed by atoms with Crippen molar-refractivity contribution in [2.75, 3.05) is 19.0 Å². The Morgan fingerprint density at radius 3 is 2.93 bits per heavy atom. The molecular weight excluding hydrogens is 390 g/mol. The number of carbonyl (C=O) groups is 1. The van der Waals surface area contributed by atoms with Crippen molar-refractivity contribution in [2.45, 2.75) is 13.3 Å². The smallest absolute Gasteiger partial charge is 0.266 e. The molecule has 0 bridgehead atoms. The number of para-hydroxylation sites is 1. The van der Waals surface area contributed by atoms with E-state index in [9.17, 15) is 4.79 Å². The first-order valence-corrected chi connectivity index (χ1v) is 10.5. The quantitative estimate of drug-likeness (QED) is 0.477. The fourth-order valence-corrected chi connectivity index (χ4v) is 4.94. The number of amides is 1. The molecule has 0 fully saturated rings. The fraction of sp³-hybridized carbons (Fsp3) is 0.190. The molecule has 0 aliphatic rings. The van der Waals surface area contributed by atoms with Crippen molar-refractivity contribution in [3.05, 3.63) is 63.4 Å². The number of rotatable bonds is 6. The largest absolute Gasteiger partial charge is 0.384 e. The predicted octanol–water partition coefficient (Wildman–Crippen LogP) is 5.17. The van der Waals surface area contributed by atoms with Gasteiger partial charge in [0.2, 0.25) is 0 Å². The maximum atomic E-state index is 13.0. The van der Waals surface area contributed by atoms with E-state index in [1.54, 1.807) is 24.6 Å². The molecule has 142 valence electrons. The predicted molar refractivity (Wildman–Crippen MR) is 115 cm³/mol. The number of benzene rings is 1. The van der Waals surface area contributed by atoms with Gasteiger partial charge in [0.05, 0.1) is 23.5 Å². The molecule has 4 rings (SSSR count). The Morgan fingerprint density at radius 2 is 2.07 bits per heavy atom. The van der Waals surface area contributed by atoms with Crippen LogP contribution in [0.25, 0.3) is 21.5 Å². The van der Waals surface area contributed by atoms with E-state index in [-0.39, 0.29) is 5.91 Å². The minimum absolute atomic E-state index is 0.144. The van der Waals surface area contributed by atoms with Gasteiger partial charge in [0, 0.05) is 35.6 Å². The summed E-state index contributed by atoms with van der Waals surface area (Å²) in [6.45, 7) is 2.66. The van der Waals surface area contributed by atoms with E-state index in [0.717, 1.165) is 33.6 Å². The lowest BCUT2D eigenvalue weighted by Crippen LogP contribution is -2.11. The van der Waals surface area contributed by atoms with E-state index >= 15 is 0 Å². The number of thiophene rings is 1. The molecule has 7 heteroatoms. The van der Waals surface area contributed by atoms with Crippen molar-refractivity contribution in [1.29, 1.82) is 0 Å². The molecule has 3 aromatic heterocycles. The summed E-state index contributed by atoms with van der Waals surface area (Å²) in [5.74, 6) is -0.144. The molecule has 5 nitrogen and oxygen atoms in total. The Bertz CT molecular complexity index is 1130. The number of pyridine rings is 1. The van der Waals surface area contributed by atoms with Gasteiger partial charge in [0.1, 0.15) is 9.88 Å². The van der Waals surface area contributed by atoms with Gasteiger partial charge >= 0.3 is 0 Å². The first-order chi connectivity index (χ1) is 13.7. The SMILES string of the molecule is COCCc1sc(-c2ccsc2C(=O)Nc2cccc3cccnc23)nc1C. The van der Waals surface area contributed by atoms with Gasteiger partial charge in [-0.05, 0) is 30.5 Å². The van der Waals surface area contributed by atoms with Crippen LogP contribution in [0.3, 0.4) is 0 Å². The molecular formula is C21H19N3O2S2. The first kappa shape index (κ1) is 18.7. The van der Waals surface area contributed by atoms with Crippen LogP contribution in [0, 0.1) is 6.92 Å². The zero-order valence-electron chi connectivity index (χ0n) is 15.6. The topological polar surface area (TPSA) is 64.1 Å². The average Bonchev–Trinajstić information content (AvgIpc) is 3.33. The average molecular weight is 410 g/mol. The Labute approximate surface area is 171 Å². The van der Waals surface area contributed by atoms with Crippen LogP contribution in [-0.4, -0.2) is 29.6 Å². The third-order valence-corrected chi connectivity index (χ3v) is 6.57. The van der Waals surface area contributed by atoms with Gasteiger partial charge in [-0.3, -0.25) is 9.78 Å². The molecule has 4 aromatic rings. The summed E-state index contributed by atoms with van der Waals surface area (Å²) in [5.41, 5.74) is 3.35. The van der Waals surface area contributed by atoms with Crippen LogP contribution in [0.5, 0.6) is 0 Å². The number of hydrogen-bond donors (Lipinski definition) is 1. The first-order valence-electron chi connectivity index (χ1n) is 8.85. The van der Waals surface area contributed by atoms with Crippen LogP contribution in [0.15, 0.2) is 48.0 Å². The van der Waals surface area contributed by atoms with Gasteiger partial charge in [-0.1, -0.05) is 18.2 Å². The molecule has 1 N–H and O–H groups in total. The second-order valence-corrected chi connectivity index (χ2v) is 8.27. The molecule has 0 radical (unpaired) electrons. The van der Waals surface area contributed by atoms with Crippen LogP contribution in [0.4, 0.5) is 5.69 Å². The van der Waals surface area contributed by atoms with Gasteiger partial charge < -0.3 is 10.1 Å². The van der Waals surface area contributed by atoms with Crippen molar-refractivity contribution in [3.63, 3.8) is 0 Å². The summed E-state index contributed by atoms with van der Waals surface area (Å²) >= 11 is 3.04. The highest BCUT2D eigenvalue weighted by molar-refractivity contribution is 7.16. The second-order valence-electron chi connectivity index (χ2n) is 6.27. The minimum atomic E-state index is -0.144. The van der Waals surface area contributed by atoms with E-state index in [1.807, 2.05) is 48.7 Å². The number of methoxy groups -OCH3 is 1. The highest BCUT2D eigenvalue weighted by atomic mass is 32.1. The maximum Gasteiger partial charge on any atom is 0.266 e. The van der Waals surface area contributed by atoms with Crippen molar-refractivity contribution in [2.24, 2.45) is 0 Å². The lowest BCUT2D eigenvalue weighted by atomic mass is 10.2. The molecule has 0 aliphatic carbocycles. The number of aromatic nitrogens is 2. The Morgan fingerprint density at radius 1 is 1.21 bits per heavy atom. The van der Waals surface area contributed by atoms with Crippen LogP contribution in [-0.2, 0) is 11.2 Å². The number of anilines is 1. The number of nitrogens with zero attached hydrogens (tertiary/aromatic N) is 2. The molecule has 0 aliphatic heterocycles. The summed E-state index contributed by atoms with van der Waals surface area (Å²) in [7, 11) is 1.70. The van der Waals surface area contributed by atoms with Crippen molar-refractivity contribution in [1.82, 2.24) is 9.97 Å². The van der Waals surface area contributed by atoms with Gasteiger partial charge in [0.15, 0.2) is 0 Å². The second kappa shape index (κ2) is 8.18. The highest BCUT2D eigenvalue weighted by Crippen LogP contribution is 2.34.